The topological polar surface area (TPSA) is 81.7 Å². The van der Waals surface area contributed by atoms with E-state index >= 15 is 0 Å². The highest BCUT2D eigenvalue weighted by molar-refractivity contribution is 5.65. The van der Waals surface area contributed by atoms with Crippen molar-refractivity contribution in [3.63, 3.8) is 0 Å². The predicted octanol–water partition coefficient (Wildman–Crippen LogP) is 4.39. The van der Waals surface area contributed by atoms with Gasteiger partial charge in [-0.15, -0.1) is 0 Å². The summed E-state index contributed by atoms with van der Waals surface area (Å²) >= 11 is 0. The van der Waals surface area contributed by atoms with Crippen molar-refractivity contribution in [3.05, 3.63) is 48.4 Å². The molecule has 1 saturated heterocycles. The maximum Gasteiger partial charge on any atom is 0.229 e. The van der Waals surface area contributed by atoms with Gasteiger partial charge in [-0.05, 0) is 50.2 Å². The fraction of sp³-hybridized carbons (Fsp3) is 0.444. The number of likely N-dealkylation sites (N-methyl/N-ethyl adjacent to an activating group) is 1. The smallest absolute Gasteiger partial charge is 0.229 e. The number of piperazine rings is 1. The summed E-state index contributed by atoms with van der Waals surface area (Å²) in [7, 11) is 2.14. The van der Waals surface area contributed by atoms with Crippen LogP contribution in [0.1, 0.15) is 25.7 Å². The lowest BCUT2D eigenvalue weighted by Gasteiger charge is -2.35. The Hall–Kier alpha value is -3.66. The molecular weight excluding hydrogens is 471 g/mol. The highest BCUT2D eigenvalue weighted by Crippen LogP contribution is 2.36. The first-order valence-corrected chi connectivity index (χ1v) is 13.1. The van der Waals surface area contributed by atoms with E-state index in [4.69, 9.17) is 9.72 Å². The van der Waals surface area contributed by atoms with Gasteiger partial charge in [-0.1, -0.05) is 18.9 Å². The third kappa shape index (κ3) is 5.24. The molecule has 0 spiro atoms. The summed E-state index contributed by atoms with van der Waals surface area (Å²) in [5.74, 6) is 1.96. The van der Waals surface area contributed by atoms with Crippen molar-refractivity contribution in [2.75, 3.05) is 66.8 Å². The number of halogens is 1. The van der Waals surface area contributed by atoms with Crippen molar-refractivity contribution in [2.45, 2.75) is 31.7 Å². The normalized spacial score (nSPS) is 18.4. The molecule has 2 aromatic heterocycles. The molecule has 0 amide bonds. The number of nitrogens with zero attached hydrogens (tertiary/aromatic N) is 6. The molecule has 10 heteroatoms. The number of rotatable bonds is 6. The minimum absolute atomic E-state index is 0.0734. The number of hydrogen-bond donors (Lipinski definition) is 2. The second-order valence-corrected chi connectivity index (χ2v) is 9.98. The molecule has 0 bridgehead atoms. The summed E-state index contributed by atoms with van der Waals surface area (Å²) < 4.78 is 20.5. The highest BCUT2D eigenvalue weighted by atomic mass is 19.1. The minimum Gasteiger partial charge on any atom is -0.488 e. The van der Waals surface area contributed by atoms with E-state index in [9.17, 15) is 4.39 Å². The Balaban J connectivity index is 1.19. The van der Waals surface area contributed by atoms with Gasteiger partial charge in [0.1, 0.15) is 12.4 Å². The molecule has 2 aliphatic heterocycles. The molecular formula is C27H33FN8O. The lowest BCUT2D eigenvalue weighted by molar-refractivity contribution is 0.297. The van der Waals surface area contributed by atoms with E-state index in [1.54, 1.807) is 6.07 Å². The van der Waals surface area contributed by atoms with Gasteiger partial charge in [0.05, 0.1) is 12.7 Å². The van der Waals surface area contributed by atoms with Crippen LogP contribution < -0.4 is 25.2 Å². The number of pyridine rings is 1. The van der Waals surface area contributed by atoms with Gasteiger partial charge in [0.25, 0.3) is 0 Å². The zero-order valence-electron chi connectivity index (χ0n) is 21.2. The molecule has 1 aliphatic carbocycles. The molecule has 0 radical (unpaired) electrons. The Labute approximate surface area is 216 Å². The summed E-state index contributed by atoms with van der Waals surface area (Å²) in [5, 5.41) is 6.28. The minimum atomic E-state index is -0.542. The molecule has 4 heterocycles. The molecule has 6 rings (SSSR count). The SMILES string of the molecule is CN1CCN(c2cccc(Nc3ncc(F)c(Nc4ccc5c(n4)N(C4CCCC4)CCO5)n3)c2)CC1. The van der Waals surface area contributed by atoms with Gasteiger partial charge in [0.15, 0.2) is 23.2 Å². The molecule has 1 aromatic carbocycles. The Morgan fingerprint density at radius 1 is 0.973 bits per heavy atom. The van der Waals surface area contributed by atoms with Gasteiger partial charge in [-0.2, -0.15) is 4.98 Å². The molecule has 3 aliphatic rings. The number of hydrogen-bond acceptors (Lipinski definition) is 9. The molecule has 2 N–H and O–H groups in total. The van der Waals surface area contributed by atoms with Gasteiger partial charge in [-0.3, -0.25) is 0 Å². The van der Waals surface area contributed by atoms with Gasteiger partial charge in [-0.25, -0.2) is 14.4 Å². The fourth-order valence-corrected chi connectivity index (χ4v) is 5.37. The van der Waals surface area contributed by atoms with E-state index in [1.165, 1.54) is 31.9 Å². The van der Waals surface area contributed by atoms with Crippen molar-refractivity contribution in [1.29, 1.82) is 0 Å². The van der Waals surface area contributed by atoms with E-state index in [2.05, 4.69) is 54.5 Å². The van der Waals surface area contributed by atoms with Crippen molar-refractivity contribution in [3.8, 4) is 5.75 Å². The van der Waals surface area contributed by atoms with Crippen molar-refractivity contribution < 1.29 is 9.13 Å². The lowest BCUT2D eigenvalue weighted by atomic mass is 10.2. The van der Waals surface area contributed by atoms with Crippen molar-refractivity contribution in [2.24, 2.45) is 0 Å². The monoisotopic (exact) mass is 504 g/mol. The average molecular weight is 505 g/mol. The largest absolute Gasteiger partial charge is 0.488 e. The summed E-state index contributed by atoms with van der Waals surface area (Å²) in [4.78, 5) is 20.4. The highest BCUT2D eigenvalue weighted by Gasteiger charge is 2.29. The van der Waals surface area contributed by atoms with Crippen LogP contribution in [-0.2, 0) is 0 Å². The summed E-state index contributed by atoms with van der Waals surface area (Å²) in [5.41, 5.74) is 2.00. The van der Waals surface area contributed by atoms with E-state index in [0.29, 0.717) is 24.4 Å². The molecule has 0 atom stereocenters. The van der Waals surface area contributed by atoms with Crippen LogP contribution in [-0.4, -0.2) is 72.3 Å². The second-order valence-electron chi connectivity index (χ2n) is 9.98. The third-order valence-electron chi connectivity index (χ3n) is 7.43. The molecule has 1 saturated carbocycles. The van der Waals surface area contributed by atoms with Crippen LogP contribution in [0.2, 0.25) is 0 Å². The number of fused-ring (bicyclic) bond motifs is 1. The first kappa shape index (κ1) is 23.7. The Morgan fingerprint density at radius 3 is 2.65 bits per heavy atom. The first-order valence-electron chi connectivity index (χ1n) is 13.1. The predicted molar refractivity (Wildman–Crippen MR) is 144 cm³/mol. The Bertz CT molecular complexity index is 1240. The zero-order chi connectivity index (χ0) is 25.2. The standard InChI is InChI=1S/C27H33FN8O/c1-34-11-13-35(14-12-34)21-8-4-5-19(17-21)30-27-29-18-22(28)25(33-27)31-24-10-9-23-26(32-24)36(15-16-37-23)20-6-2-3-7-20/h4-5,8-10,17-18,20H,2-3,6-7,11-16H2,1H3,(H2,29,30,31,32,33). The number of ether oxygens (including phenoxy) is 1. The van der Waals surface area contributed by atoms with Crippen LogP contribution in [0.5, 0.6) is 5.75 Å². The maximum absolute atomic E-state index is 14.7. The number of aromatic nitrogens is 3. The van der Waals surface area contributed by atoms with E-state index in [-0.39, 0.29) is 5.82 Å². The van der Waals surface area contributed by atoms with Crippen LogP contribution in [0.15, 0.2) is 42.6 Å². The maximum atomic E-state index is 14.7. The lowest BCUT2D eigenvalue weighted by Crippen LogP contribution is -2.44. The van der Waals surface area contributed by atoms with Gasteiger partial charge in [0.2, 0.25) is 5.95 Å². The first-order chi connectivity index (χ1) is 18.1. The van der Waals surface area contributed by atoms with E-state index in [0.717, 1.165) is 55.7 Å². The zero-order valence-corrected chi connectivity index (χ0v) is 21.2. The summed E-state index contributed by atoms with van der Waals surface area (Å²) in [6.45, 7) is 5.51. The van der Waals surface area contributed by atoms with Crippen LogP contribution in [0, 0.1) is 5.82 Å². The van der Waals surface area contributed by atoms with E-state index < -0.39 is 5.82 Å². The van der Waals surface area contributed by atoms with Gasteiger partial charge in [0, 0.05) is 43.6 Å². The Kier molecular flexibility index (Phi) is 6.65. The van der Waals surface area contributed by atoms with Crippen LogP contribution in [0.4, 0.5) is 39.2 Å². The summed E-state index contributed by atoms with van der Waals surface area (Å²) in [6.07, 6.45) is 6.01. The quantitative estimate of drug-likeness (QED) is 0.508. The van der Waals surface area contributed by atoms with Crippen LogP contribution >= 0.6 is 0 Å². The van der Waals surface area contributed by atoms with Gasteiger partial charge >= 0.3 is 0 Å². The van der Waals surface area contributed by atoms with E-state index in [1.807, 2.05) is 18.2 Å². The Morgan fingerprint density at radius 2 is 1.81 bits per heavy atom. The number of nitrogens with one attached hydrogen (secondary N) is 2. The molecule has 194 valence electrons. The average Bonchev–Trinajstić information content (AvgIpc) is 3.46. The third-order valence-corrected chi connectivity index (χ3v) is 7.43. The molecule has 3 aromatic rings. The molecule has 37 heavy (non-hydrogen) atoms. The summed E-state index contributed by atoms with van der Waals surface area (Å²) in [6, 6.07) is 12.3. The number of anilines is 6. The number of benzene rings is 1. The second kappa shape index (κ2) is 10.4. The molecule has 9 nitrogen and oxygen atoms in total. The molecule has 0 unspecified atom stereocenters. The van der Waals surface area contributed by atoms with Crippen LogP contribution in [0.3, 0.4) is 0 Å². The van der Waals surface area contributed by atoms with Crippen LogP contribution in [0.25, 0.3) is 0 Å². The fourth-order valence-electron chi connectivity index (χ4n) is 5.37. The van der Waals surface area contributed by atoms with Crippen molar-refractivity contribution >= 4 is 34.8 Å². The molecule has 2 fully saturated rings. The van der Waals surface area contributed by atoms with Gasteiger partial charge < -0.3 is 30.1 Å². The van der Waals surface area contributed by atoms with Crippen molar-refractivity contribution in [1.82, 2.24) is 19.9 Å².